The first-order valence-corrected chi connectivity index (χ1v) is 10.1. The Morgan fingerprint density at radius 1 is 1.15 bits per heavy atom. The molecular formula is C18H17N3O4S2. The molecule has 1 aliphatic heterocycles. The molecule has 1 aliphatic rings. The second-order valence-corrected chi connectivity index (χ2v) is 7.90. The minimum absolute atomic E-state index is 0.181. The van der Waals surface area contributed by atoms with Gasteiger partial charge >= 0.3 is 0 Å². The molecule has 27 heavy (non-hydrogen) atoms. The summed E-state index contributed by atoms with van der Waals surface area (Å²) in [7, 11) is 0. The third-order valence-corrected chi connectivity index (χ3v) is 5.73. The fourth-order valence-corrected chi connectivity index (χ4v) is 4.04. The van der Waals surface area contributed by atoms with Gasteiger partial charge in [-0.2, -0.15) is 0 Å². The molecule has 0 spiro atoms. The molecule has 0 radical (unpaired) electrons. The van der Waals surface area contributed by atoms with Crippen LogP contribution in [0.1, 0.15) is 0 Å². The van der Waals surface area contributed by atoms with Crippen LogP contribution in [0.4, 0.5) is 10.8 Å². The molecule has 1 aromatic heterocycles. The number of benzene rings is 2. The smallest absolute Gasteiger partial charge is 0.231 e. The highest BCUT2D eigenvalue weighted by atomic mass is 32.2. The number of para-hydroxylation sites is 1. The number of ether oxygens (including phenoxy) is 3. The highest BCUT2D eigenvalue weighted by Gasteiger charge is 2.15. The average Bonchev–Trinajstić information content (AvgIpc) is 3.34. The Morgan fingerprint density at radius 3 is 2.89 bits per heavy atom. The summed E-state index contributed by atoms with van der Waals surface area (Å²) >= 11 is 2.89. The zero-order chi connectivity index (χ0) is 18.5. The largest absolute Gasteiger partial charge is 0.491 e. The highest BCUT2D eigenvalue weighted by molar-refractivity contribution is 8.01. The van der Waals surface area contributed by atoms with Crippen LogP contribution < -0.4 is 19.5 Å². The minimum atomic E-state index is -0.630. The number of fused-ring (bicyclic) bond motifs is 1. The molecule has 0 amide bonds. The Hall–Kier alpha value is -2.49. The van der Waals surface area contributed by atoms with Crippen LogP contribution >= 0.6 is 23.1 Å². The Kier molecular flexibility index (Phi) is 5.61. The van der Waals surface area contributed by atoms with E-state index in [0.717, 1.165) is 15.2 Å². The number of aliphatic hydroxyl groups is 1. The summed E-state index contributed by atoms with van der Waals surface area (Å²) < 4.78 is 17.0. The first-order chi connectivity index (χ1) is 13.3. The molecule has 9 heteroatoms. The molecule has 140 valence electrons. The van der Waals surface area contributed by atoms with Crippen LogP contribution in [0.2, 0.25) is 0 Å². The van der Waals surface area contributed by atoms with Gasteiger partial charge in [0.25, 0.3) is 0 Å². The molecule has 2 heterocycles. The average molecular weight is 403 g/mol. The lowest BCUT2D eigenvalue weighted by Gasteiger charge is -2.11. The van der Waals surface area contributed by atoms with Crippen molar-refractivity contribution in [1.82, 2.24) is 10.2 Å². The molecule has 2 N–H and O–H groups in total. The fraction of sp³-hybridized carbons (Fsp3) is 0.222. The maximum absolute atomic E-state index is 10.1. The van der Waals surface area contributed by atoms with Gasteiger partial charge in [0, 0.05) is 17.5 Å². The summed E-state index contributed by atoms with van der Waals surface area (Å²) in [5.41, 5.74) is 0.961. The van der Waals surface area contributed by atoms with Crippen LogP contribution in [0.25, 0.3) is 0 Å². The van der Waals surface area contributed by atoms with Gasteiger partial charge in [0.15, 0.2) is 15.8 Å². The van der Waals surface area contributed by atoms with Crippen molar-refractivity contribution < 1.29 is 19.3 Å². The molecule has 1 atom stereocenters. The topological polar surface area (TPSA) is 85.7 Å². The number of nitrogens with one attached hydrogen (secondary N) is 1. The van der Waals surface area contributed by atoms with Crippen LogP contribution in [-0.4, -0.2) is 40.6 Å². The van der Waals surface area contributed by atoms with Gasteiger partial charge in [-0.3, -0.25) is 0 Å². The second-order valence-electron chi connectivity index (χ2n) is 5.66. The lowest BCUT2D eigenvalue weighted by molar-refractivity contribution is 0.126. The Labute approximate surface area is 164 Å². The summed E-state index contributed by atoms with van der Waals surface area (Å²) in [5, 5.41) is 22.3. The van der Waals surface area contributed by atoms with Crippen molar-refractivity contribution in [2.45, 2.75) is 10.4 Å². The van der Waals surface area contributed by atoms with Crippen molar-refractivity contribution in [2.24, 2.45) is 0 Å². The maximum Gasteiger partial charge on any atom is 0.231 e. The molecule has 0 aliphatic carbocycles. The summed E-state index contributed by atoms with van der Waals surface area (Å²) in [5.74, 6) is 2.46. The fourth-order valence-electron chi connectivity index (χ4n) is 2.34. The zero-order valence-electron chi connectivity index (χ0n) is 14.2. The van der Waals surface area contributed by atoms with E-state index >= 15 is 0 Å². The number of hydrogen-bond donors (Lipinski definition) is 2. The Bertz CT molecular complexity index is 891. The number of anilines is 2. The van der Waals surface area contributed by atoms with E-state index in [1.807, 2.05) is 30.3 Å². The van der Waals surface area contributed by atoms with E-state index in [9.17, 15) is 5.11 Å². The van der Waals surface area contributed by atoms with E-state index < -0.39 is 6.10 Å². The van der Waals surface area contributed by atoms with E-state index in [2.05, 4.69) is 15.5 Å². The van der Waals surface area contributed by atoms with Crippen molar-refractivity contribution in [3.05, 3.63) is 48.5 Å². The molecule has 2 aromatic carbocycles. The maximum atomic E-state index is 10.1. The monoisotopic (exact) mass is 403 g/mol. The van der Waals surface area contributed by atoms with Gasteiger partial charge in [-0.05, 0) is 24.3 Å². The van der Waals surface area contributed by atoms with Gasteiger partial charge < -0.3 is 24.6 Å². The van der Waals surface area contributed by atoms with Crippen molar-refractivity contribution in [1.29, 1.82) is 0 Å². The molecule has 4 rings (SSSR count). The first-order valence-electron chi connectivity index (χ1n) is 8.25. The third-order valence-electron chi connectivity index (χ3n) is 3.62. The summed E-state index contributed by atoms with van der Waals surface area (Å²) in [6.45, 7) is 0.404. The predicted octanol–water partition coefficient (Wildman–Crippen LogP) is 3.54. The van der Waals surface area contributed by atoms with Crippen LogP contribution in [0.5, 0.6) is 17.2 Å². The van der Waals surface area contributed by atoms with Crippen molar-refractivity contribution in [3.8, 4) is 17.2 Å². The van der Waals surface area contributed by atoms with Gasteiger partial charge in [-0.25, -0.2) is 0 Å². The van der Waals surface area contributed by atoms with Crippen LogP contribution in [-0.2, 0) is 0 Å². The lowest BCUT2D eigenvalue weighted by Crippen LogP contribution is -2.20. The quantitative estimate of drug-likeness (QED) is 0.553. The molecule has 0 saturated heterocycles. The van der Waals surface area contributed by atoms with Gasteiger partial charge in [0.2, 0.25) is 11.9 Å². The van der Waals surface area contributed by atoms with E-state index in [1.54, 1.807) is 18.2 Å². The van der Waals surface area contributed by atoms with Crippen LogP contribution in [0.3, 0.4) is 0 Å². The highest BCUT2D eigenvalue weighted by Crippen LogP contribution is 2.35. The van der Waals surface area contributed by atoms with Gasteiger partial charge in [0.1, 0.15) is 12.4 Å². The Balaban J connectivity index is 1.23. The molecular weight excluding hydrogens is 386 g/mol. The van der Waals surface area contributed by atoms with Crippen LogP contribution in [0.15, 0.2) is 52.9 Å². The van der Waals surface area contributed by atoms with Crippen molar-refractivity contribution >= 4 is 33.9 Å². The number of rotatable bonds is 8. The van der Waals surface area contributed by atoms with Crippen LogP contribution in [0, 0.1) is 0 Å². The van der Waals surface area contributed by atoms with E-state index in [1.165, 1.54) is 23.1 Å². The number of hydrogen-bond acceptors (Lipinski definition) is 9. The molecule has 0 bridgehead atoms. The SMILES string of the molecule is OC(COc1ccc2c(c1)OCO2)CSc1nnc(Nc2ccccc2)s1. The summed E-state index contributed by atoms with van der Waals surface area (Å²) in [6.07, 6.45) is -0.630. The van der Waals surface area contributed by atoms with Gasteiger partial charge in [0.05, 0.1) is 6.10 Å². The number of aliphatic hydroxyl groups excluding tert-OH is 1. The molecule has 0 saturated carbocycles. The third kappa shape index (κ3) is 4.82. The zero-order valence-corrected chi connectivity index (χ0v) is 15.8. The number of aromatic nitrogens is 2. The van der Waals surface area contributed by atoms with Crippen molar-refractivity contribution in [3.63, 3.8) is 0 Å². The molecule has 1 unspecified atom stereocenters. The van der Waals surface area contributed by atoms with Crippen molar-refractivity contribution in [2.75, 3.05) is 24.5 Å². The second kappa shape index (κ2) is 8.47. The predicted molar refractivity (Wildman–Crippen MR) is 104 cm³/mol. The standard InChI is InChI=1S/C18H17N3O4S2/c22-13(9-23-14-6-7-15-16(8-14)25-11-24-15)10-26-18-21-20-17(27-18)19-12-4-2-1-3-5-12/h1-8,13,22H,9-11H2,(H,19,20). The van der Waals surface area contributed by atoms with E-state index in [-0.39, 0.29) is 13.4 Å². The van der Waals surface area contributed by atoms with E-state index in [4.69, 9.17) is 14.2 Å². The molecule has 7 nitrogen and oxygen atoms in total. The first kappa shape index (κ1) is 17.9. The molecule has 0 fully saturated rings. The Morgan fingerprint density at radius 2 is 2.00 bits per heavy atom. The lowest BCUT2D eigenvalue weighted by atomic mass is 10.3. The number of thioether (sulfide) groups is 1. The van der Waals surface area contributed by atoms with Gasteiger partial charge in [-0.1, -0.05) is 41.3 Å². The van der Waals surface area contributed by atoms with E-state index in [0.29, 0.717) is 23.0 Å². The summed E-state index contributed by atoms with van der Waals surface area (Å²) in [4.78, 5) is 0. The summed E-state index contributed by atoms with van der Waals surface area (Å²) in [6, 6.07) is 15.1. The number of nitrogens with zero attached hydrogens (tertiary/aromatic N) is 2. The van der Waals surface area contributed by atoms with Gasteiger partial charge in [-0.15, -0.1) is 10.2 Å². The molecule has 3 aromatic rings. The normalized spacial score (nSPS) is 13.4. The minimum Gasteiger partial charge on any atom is -0.491 e.